The summed E-state index contributed by atoms with van der Waals surface area (Å²) in [4.78, 5) is 58.8. The van der Waals surface area contributed by atoms with Crippen LogP contribution in [0.4, 0.5) is 20.8 Å². The molecular formula is C21H20FN7O5. The Kier molecular flexibility index (Phi) is 6.08. The molecule has 13 heteroatoms. The third kappa shape index (κ3) is 4.92. The Bertz CT molecular complexity index is 1340. The molecule has 3 amide bonds. The predicted molar refractivity (Wildman–Crippen MR) is 117 cm³/mol. The molecule has 3 heterocycles. The van der Waals surface area contributed by atoms with Gasteiger partial charge in [0.1, 0.15) is 23.9 Å². The van der Waals surface area contributed by atoms with Gasteiger partial charge in [-0.05, 0) is 25.1 Å². The van der Waals surface area contributed by atoms with Gasteiger partial charge in [-0.1, -0.05) is 0 Å². The van der Waals surface area contributed by atoms with Crippen molar-refractivity contribution < 1.29 is 23.5 Å². The second-order valence-corrected chi connectivity index (χ2v) is 7.54. The van der Waals surface area contributed by atoms with Gasteiger partial charge in [0.25, 0.3) is 11.5 Å². The van der Waals surface area contributed by atoms with Crippen LogP contribution >= 0.6 is 0 Å². The number of nitrogens with one attached hydrogen (secondary N) is 3. The molecule has 1 saturated heterocycles. The standard InChI is InChI=1S/C21H20FN7O5/c1-11-5-18(31)26-20(25-11)27-19(32)16-9-28(10-24-16)17-4-3-13(6-15(17)22)29-8-14(34-21(29)33)7-23-12(2)30/h3-6,9-10,14H,7-8H2,1-2H3,(H,23,30)(H2,25,26,27,31,32). The lowest BCUT2D eigenvalue weighted by Gasteiger charge is -2.14. The topological polar surface area (TPSA) is 151 Å². The molecule has 0 bridgehead atoms. The number of nitrogens with zero attached hydrogens (tertiary/aromatic N) is 4. The number of amides is 3. The number of ether oxygens (including phenoxy) is 1. The molecule has 1 aromatic carbocycles. The van der Waals surface area contributed by atoms with Crippen LogP contribution in [0.25, 0.3) is 5.69 Å². The SMILES string of the molecule is CC(=O)NCC1CN(c2ccc(-n3cnc(C(=O)Nc4nc(C)cc(=O)[nH]4)c3)c(F)c2)C(=O)O1. The summed E-state index contributed by atoms with van der Waals surface area (Å²) in [6.07, 6.45) is 1.38. The molecule has 34 heavy (non-hydrogen) atoms. The second-order valence-electron chi connectivity index (χ2n) is 7.54. The van der Waals surface area contributed by atoms with Crippen LogP contribution in [0.1, 0.15) is 23.1 Å². The van der Waals surface area contributed by atoms with E-state index in [1.165, 1.54) is 53.2 Å². The quantitative estimate of drug-likeness (QED) is 0.489. The lowest BCUT2D eigenvalue weighted by atomic mass is 10.2. The van der Waals surface area contributed by atoms with E-state index >= 15 is 0 Å². The fourth-order valence-electron chi connectivity index (χ4n) is 3.35. The monoisotopic (exact) mass is 469 g/mol. The summed E-state index contributed by atoms with van der Waals surface area (Å²) in [5, 5.41) is 5.01. The van der Waals surface area contributed by atoms with Crippen molar-refractivity contribution in [2.75, 3.05) is 23.3 Å². The van der Waals surface area contributed by atoms with Crippen molar-refractivity contribution in [3.05, 3.63) is 64.3 Å². The summed E-state index contributed by atoms with van der Waals surface area (Å²) in [6, 6.07) is 5.41. The van der Waals surface area contributed by atoms with Gasteiger partial charge in [0.05, 0.1) is 24.5 Å². The molecule has 1 aliphatic rings. The number of anilines is 2. The van der Waals surface area contributed by atoms with Gasteiger partial charge in [0.15, 0.2) is 0 Å². The van der Waals surface area contributed by atoms with Crippen molar-refractivity contribution >= 4 is 29.5 Å². The Morgan fingerprint density at radius 2 is 2.09 bits per heavy atom. The van der Waals surface area contributed by atoms with Gasteiger partial charge < -0.3 is 14.6 Å². The van der Waals surface area contributed by atoms with E-state index in [0.717, 1.165) is 0 Å². The summed E-state index contributed by atoms with van der Waals surface area (Å²) in [6.45, 7) is 3.28. The zero-order valence-electron chi connectivity index (χ0n) is 18.2. The molecule has 2 aromatic heterocycles. The van der Waals surface area contributed by atoms with Gasteiger partial charge in [0.2, 0.25) is 11.9 Å². The highest BCUT2D eigenvalue weighted by molar-refractivity contribution is 6.01. The summed E-state index contributed by atoms with van der Waals surface area (Å²) in [7, 11) is 0. The molecule has 0 saturated carbocycles. The van der Waals surface area contributed by atoms with Gasteiger partial charge in [-0.15, -0.1) is 0 Å². The zero-order valence-corrected chi connectivity index (χ0v) is 18.2. The Morgan fingerprint density at radius 3 is 2.79 bits per heavy atom. The summed E-state index contributed by atoms with van der Waals surface area (Å²) >= 11 is 0. The van der Waals surface area contributed by atoms with Gasteiger partial charge in [0, 0.05) is 24.9 Å². The number of hydrogen-bond acceptors (Lipinski definition) is 7. The van der Waals surface area contributed by atoms with Crippen LogP contribution in [0.2, 0.25) is 0 Å². The maximum Gasteiger partial charge on any atom is 0.414 e. The van der Waals surface area contributed by atoms with Crippen LogP contribution in [0.5, 0.6) is 0 Å². The normalized spacial score (nSPS) is 15.2. The van der Waals surface area contributed by atoms with Crippen molar-refractivity contribution in [2.45, 2.75) is 20.0 Å². The number of rotatable bonds is 6. The fraction of sp³-hybridized carbons (Fsp3) is 0.238. The minimum absolute atomic E-state index is 0.0310. The van der Waals surface area contributed by atoms with Crippen LogP contribution in [-0.2, 0) is 9.53 Å². The number of halogens is 1. The molecular weight excluding hydrogens is 449 g/mol. The zero-order chi connectivity index (χ0) is 24.4. The number of H-pyrrole nitrogens is 1. The number of hydrogen-bond donors (Lipinski definition) is 3. The van der Waals surface area contributed by atoms with Gasteiger partial charge in [-0.25, -0.2) is 19.2 Å². The first kappa shape index (κ1) is 22.6. The molecule has 1 aliphatic heterocycles. The lowest BCUT2D eigenvalue weighted by molar-refractivity contribution is -0.119. The Balaban J connectivity index is 1.47. The Hall–Kier alpha value is -4.55. The summed E-state index contributed by atoms with van der Waals surface area (Å²) in [5.74, 6) is -1.59. The molecule has 176 valence electrons. The first-order valence-corrected chi connectivity index (χ1v) is 10.2. The maximum absolute atomic E-state index is 14.9. The van der Waals surface area contributed by atoms with Crippen molar-refractivity contribution in [1.82, 2.24) is 24.8 Å². The van der Waals surface area contributed by atoms with Gasteiger partial charge in [-0.3, -0.25) is 29.6 Å². The van der Waals surface area contributed by atoms with Gasteiger partial charge in [-0.2, -0.15) is 0 Å². The van der Waals surface area contributed by atoms with Crippen molar-refractivity contribution in [2.24, 2.45) is 0 Å². The number of carbonyl (C=O) groups is 3. The van der Waals surface area contributed by atoms with E-state index < -0.39 is 29.5 Å². The van der Waals surface area contributed by atoms with Crippen molar-refractivity contribution in [1.29, 1.82) is 0 Å². The second kappa shape index (κ2) is 9.13. The molecule has 3 aromatic rings. The summed E-state index contributed by atoms with van der Waals surface area (Å²) < 4.78 is 21.4. The predicted octanol–water partition coefficient (Wildman–Crippen LogP) is 1.12. The molecule has 3 N–H and O–H groups in total. The number of aryl methyl sites for hydroxylation is 1. The fourth-order valence-corrected chi connectivity index (χ4v) is 3.35. The third-order valence-electron chi connectivity index (χ3n) is 4.89. The van der Waals surface area contributed by atoms with Gasteiger partial charge >= 0.3 is 6.09 Å². The first-order valence-electron chi connectivity index (χ1n) is 10.2. The van der Waals surface area contributed by atoms with E-state index in [2.05, 4.69) is 25.6 Å². The molecule has 1 fully saturated rings. The van der Waals surface area contributed by atoms with Crippen LogP contribution in [0, 0.1) is 12.7 Å². The van der Waals surface area contributed by atoms with E-state index in [-0.39, 0.29) is 42.0 Å². The van der Waals surface area contributed by atoms with Crippen LogP contribution < -0.4 is 21.1 Å². The highest BCUT2D eigenvalue weighted by Crippen LogP contribution is 2.25. The van der Waals surface area contributed by atoms with Crippen LogP contribution in [0.3, 0.4) is 0 Å². The summed E-state index contributed by atoms with van der Waals surface area (Å²) in [5.41, 5.74) is 0.356. The molecule has 4 rings (SSSR count). The van der Waals surface area contributed by atoms with Crippen molar-refractivity contribution in [3.8, 4) is 5.69 Å². The number of aromatic amines is 1. The van der Waals surface area contributed by atoms with E-state index in [9.17, 15) is 23.6 Å². The smallest absolute Gasteiger partial charge is 0.414 e. The number of cyclic esters (lactones) is 1. The number of benzene rings is 1. The lowest BCUT2D eigenvalue weighted by Crippen LogP contribution is -2.33. The van der Waals surface area contributed by atoms with Crippen LogP contribution in [-0.4, -0.2) is 56.6 Å². The minimum atomic E-state index is -0.662. The van der Waals surface area contributed by atoms with E-state index in [4.69, 9.17) is 4.74 Å². The van der Waals surface area contributed by atoms with Crippen LogP contribution in [0.15, 0.2) is 41.6 Å². The molecule has 0 radical (unpaired) electrons. The minimum Gasteiger partial charge on any atom is -0.442 e. The first-order chi connectivity index (χ1) is 16.2. The largest absolute Gasteiger partial charge is 0.442 e. The number of imidazole rings is 1. The van der Waals surface area contributed by atoms with E-state index in [0.29, 0.717) is 5.69 Å². The van der Waals surface area contributed by atoms with E-state index in [1.54, 1.807) is 6.92 Å². The molecule has 1 atom stereocenters. The highest BCUT2D eigenvalue weighted by atomic mass is 19.1. The average Bonchev–Trinajstić information content (AvgIpc) is 3.38. The Labute approximate surface area is 191 Å². The average molecular weight is 469 g/mol. The third-order valence-corrected chi connectivity index (χ3v) is 4.89. The molecule has 12 nitrogen and oxygen atoms in total. The Morgan fingerprint density at radius 1 is 1.29 bits per heavy atom. The number of carbonyl (C=O) groups excluding carboxylic acids is 3. The molecule has 0 spiro atoms. The maximum atomic E-state index is 14.9. The highest BCUT2D eigenvalue weighted by Gasteiger charge is 2.32. The van der Waals surface area contributed by atoms with E-state index in [1.807, 2.05) is 0 Å². The molecule has 0 aliphatic carbocycles. The van der Waals surface area contributed by atoms with Crippen molar-refractivity contribution in [3.63, 3.8) is 0 Å². The number of aromatic nitrogens is 4. The molecule has 1 unspecified atom stereocenters.